The van der Waals surface area contributed by atoms with Gasteiger partial charge in [-0.1, -0.05) is 18.2 Å². The molecule has 0 radical (unpaired) electrons. The highest BCUT2D eigenvalue weighted by Gasteiger charge is 2.29. The molecule has 3 heterocycles. The van der Waals surface area contributed by atoms with E-state index in [9.17, 15) is 9.59 Å². The lowest BCUT2D eigenvalue weighted by atomic mass is 10.1. The maximum Gasteiger partial charge on any atom is 0.257 e. The number of aromatic nitrogens is 2. The Hall–Kier alpha value is -3.15. The van der Waals surface area contributed by atoms with Crippen molar-refractivity contribution < 1.29 is 9.59 Å². The molecule has 1 aliphatic carbocycles. The molecule has 2 fully saturated rings. The van der Waals surface area contributed by atoms with E-state index >= 15 is 0 Å². The van der Waals surface area contributed by atoms with Gasteiger partial charge in [-0.3, -0.25) is 9.59 Å². The second-order valence-corrected chi connectivity index (χ2v) is 7.96. The summed E-state index contributed by atoms with van der Waals surface area (Å²) in [5.74, 6) is 0.313. The van der Waals surface area contributed by atoms with Gasteiger partial charge in [-0.15, -0.1) is 0 Å². The second-order valence-electron chi connectivity index (χ2n) is 7.96. The van der Waals surface area contributed by atoms with E-state index in [1.54, 1.807) is 6.20 Å². The van der Waals surface area contributed by atoms with Crippen LogP contribution >= 0.6 is 0 Å². The van der Waals surface area contributed by atoms with E-state index in [1.807, 2.05) is 51.9 Å². The van der Waals surface area contributed by atoms with Crippen LogP contribution in [0.2, 0.25) is 0 Å². The van der Waals surface area contributed by atoms with E-state index < -0.39 is 0 Å². The molecule has 6 nitrogen and oxygen atoms in total. The molecule has 5 rings (SSSR count). The molecule has 1 N–H and O–H groups in total. The zero-order valence-electron chi connectivity index (χ0n) is 16.3. The summed E-state index contributed by atoms with van der Waals surface area (Å²) in [6, 6.07) is 13.7. The van der Waals surface area contributed by atoms with Crippen LogP contribution in [-0.2, 0) is 4.79 Å². The van der Waals surface area contributed by atoms with Crippen LogP contribution in [0.25, 0.3) is 16.8 Å². The number of pyridine rings is 1. The molecule has 0 unspecified atom stereocenters. The van der Waals surface area contributed by atoms with Crippen LogP contribution in [0.4, 0.5) is 5.69 Å². The number of piperidine rings is 1. The number of hydrogen-bond acceptors (Lipinski definition) is 3. The monoisotopic (exact) mass is 388 g/mol. The Bertz CT molecular complexity index is 1080. The van der Waals surface area contributed by atoms with Crippen LogP contribution < -0.4 is 5.32 Å². The largest absolute Gasteiger partial charge is 0.339 e. The van der Waals surface area contributed by atoms with Crippen LogP contribution in [-0.4, -0.2) is 39.4 Å². The highest BCUT2D eigenvalue weighted by molar-refractivity contribution is 6.01. The number of likely N-dealkylation sites (tertiary alicyclic amines) is 1. The van der Waals surface area contributed by atoms with Crippen molar-refractivity contribution in [3.63, 3.8) is 0 Å². The number of carbonyl (C=O) groups excluding carboxylic acids is 2. The van der Waals surface area contributed by atoms with Crippen molar-refractivity contribution in [2.45, 2.75) is 32.1 Å². The first kappa shape index (κ1) is 17.9. The van der Waals surface area contributed by atoms with Crippen molar-refractivity contribution in [3.8, 4) is 11.3 Å². The number of hydrogen-bond donors (Lipinski definition) is 1. The van der Waals surface area contributed by atoms with Gasteiger partial charge in [-0.05, 0) is 56.4 Å². The van der Waals surface area contributed by atoms with Crippen molar-refractivity contribution in [1.82, 2.24) is 14.5 Å². The minimum absolute atomic E-state index is 0.0577. The number of nitrogens with zero attached hydrogens (tertiary/aromatic N) is 3. The number of carbonyl (C=O) groups is 2. The first-order chi connectivity index (χ1) is 14.2. The number of anilines is 1. The minimum Gasteiger partial charge on any atom is -0.339 e. The van der Waals surface area contributed by atoms with Gasteiger partial charge in [0, 0.05) is 30.3 Å². The number of amides is 2. The zero-order chi connectivity index (χ0) is 19.8. The molecule has 3 aromatic rings. The van der Waals surface area contributed by atoms with Crippen LogP contribution in [0, 0.1) is 5.92 Å². The van der Waals surface area contributed by atoms with Gasteiger partial charge >= 0.3 is 0 Å². The van der Waals surface area contributed by atoms with E-state index in [4.69, 9.17) is 0 Å². The Morgan fingerprint density at radius 2 is 1.79 bits per heavy atom. The molecule has 2 amide bonds. The van der Waals surface area contributed by atoms with Crippen molar-refractivity contribution in [2.75, 3.05) is 18.4 Å². The molecule has 0 bridgehead atoms. The molecule has 0 spiro atoms. The first-order valence-corrected chi connectivity index (χ1v) is 10.4. The Morgan fingerprint density at radius 3 is 2.59 bits per heavy atom. The number of rotatable bonds is 4. The van der Waals surface area contributed by atoms with E-state index in [1.165, 1.54) is 6.42 Å². The van der Waals surface area contributed by atoms with Gasteiger partial charge in [-0.2, -0.15) is 5.10 Å². The Morgan fingerprint density at radius 1 is 1.00 bits per heavy atom. The molecule has 29 heavy (non-hydrogen) atoms. The van der Waals surface area contributed by atoms with Crippen molar-refractivity contribution in [2.24, 2.45) is 5.92 Å². The Kier molecular flexibility index (Phi) is 4.54. The van der Waals surface area contributed by atoms with Crippen molar-refractivity contribution in [1.29, 1.82) is 0 Å². The lowest BCUT2D eigenvalue weighted by Gasteiger charge is -2.26. The Balaban J connectivity index is 1.47. The highest BCUT2D eigenvalue weighted by Crippen LogP contribution is 2.31. The fourth-order valence-corrected chi connectivity index (χ4v) is 4.01. The summed E-state index contributed by atoms with van der Waals surface area (Å²) in [4.78, 5) is 27.0. The van der Waals surface area contributed by atoms with Gasteiger partial charge < -0.3 is 10.2 Å². The third kappa shape index (κ3) is 3.50. The van der Waals surface area contributed by atoms with Gasteiger partial charge in [0.15, 0.2) is 0 Å². The maximum absolute atomic E-state index is 13.0. The normalized spacial score (nSPS) is 16.8. The highest BCUT2D eigenvalue weighted by atomic mass is 16.2. The van der Waals surface area contributed by atoms with Crippen molar-refractivity contribution >= 4 is 23.0 Å². The molecule has 2 aliphatic rings. The summed E-state index contributed by atoms with van der Waals surface area (Å²) in [6.45, 7) is 1.64. The summed E-state index contributed by atoms with van der Waals surface area (Å²) < 4.78 is 1.82. The molecular weight excluding hydrogens is 364 g/mol. The van der Waals surface area contributed by atoms with Crippen molar-refractivity contribution in [3.05, 3.63) is 54.2 Å². The zero-order valence-corrected chi connectivity index (χ0v) is 16.3. The van der Waals surface area contributed by atoms with Crippen LogP contribution in [0.3, 0.4) is 0 Å². The average molecular weight is 388 g/mol. The van der Waals surface area contributed by atoms with Gasteiger partial charge in [0.1, 0.15) is 0 Å². The maximum atomic E-state index is 13.0. The van der Waals surface area contributed by atoms with E-state index in [0.717, 1.165) is 61.2 Å². The number of nitrogens with one attached hydrogen (secondary N) is 1. The van der Waals surface area contributed by atoms with E-state index in [0.29, 0.717) is 5.56 Å². The molecule has 0 atom stereocenters. The predicted molar refractivity (Wildman–Crippen MR) is 112 cm³/mol. The van der Waals surface area contributed by atoms with Gasteiger partial charge in [0.25, 0.3) is 5.91 Å². The third-order valence-electron chi connectivity index (χ3n) is 5.79. The molecule has 6 heteroatoms. The lowest BCUT2D eigenvalue weighted by molar-refractivity contribution is -0.117. The molecule has 1 saturated heterocycles. The van der Waals surface area contributed by atoms with E-state index in [-0.39, 0.29) is 17.7 Å². The van der Waals surface area contributed by atoms with Crippen LogP contribution in [0.1, 0.15) is 42.5 Å². The summed E-state index contributed by atoms with van der Waals surface area (Å²) in [6.07, 6.45) is 6.95. The van der Waals surface area contributed by atoms with Gasteiger partial charge in [0.2, 0.25) is 5.91 Å². The summed E-state index contributed by atoms with van der Waals surface area (Å²) in [7, 11) is 0. The number of fused-ring (bicyclic) bond motifs is 1. The van der Waals surface area contributed by atoms with Crippen LogP contribution in [0.5, 0.6) is 0 Å². The smallest absolute Gasteiger partial charge is 0.257 e. The lowest BCUT2D eigenvalue weighted by Crippen LogP contribution is -2.35. The number of benzene rings is 1. The second kappa shape index (κ2) is 7.35. The van der Waals surface area contributed by atoms with Gasteiger partial charge in [0.05, 0.1) is 23.0 Å². The molecule has 148 valence electrons. The fourth-order valence-electron chi connectivity index (χ4n) is 4.01. The van der Waals surface area contributed by atoms with Crippen LogP contribution in [0.15, 0.2) is 48.7 Å². The minimum atomic E-state index is 0.0577. The Labute approximate surface area is 169 Å². The quantitative estimate of drug-likeness (QED) is 0.735. The molecule has 2 aromatic heterocycles. The molecular formula is C23H24N4O2. The molecule has 1 aromatic carbocycles. The third-order valence-corrected chi connectivity index (χ3v) is 5.79. The van der Waals surface area contributed by atoms with Gasteiger partial charge in [-0.25, -0.2) is 4.52 Å². The standard InChI is InChI=1S/C23H24N4O2/c28-22(16-10-11-16)25-18-7-4-6-17(14-18)20-8-5-9-21-19(15-24-27(20)21)23(29)26-12-2-1-3-13-26/h4-9,14-16H,1-3,10-13H2,(H,25,28). The fraction of sp³-hybridized carbons (Fsp3) is 0.348. The molecule has 1 aliphatic heterocycles. The van der Waals surface area contributed by atoms with E-state index in [2.05, 4.69) is 10.4 Å². The topological polar surface area (TPSA) is 66.7 Å². The summed E-state index contributed by atoms with van der Waals surface area (Å²) in [5, 5.41) is 7.52. The SMILES string of the molecule is O=C(Nc1cccc(-c2cccc3c(C(=O)N4CCCCC4)cnn23)c1)C1CC1. The summed E-state index contributed by atoms with van der Waals surface area (Å²) in [5.41, 5.74) is 4.08. The molecule has 1 saturated carbocycles. The predicted octanol–water partition coefficient (Wildman–Crippen LogP) is 3.98. The average Bonchev–Trinajstić information content (AvgIpc) is 3.53. The first-order valence-electron chi connectivity index (χ1n) is 10.4. The summed E-state index contributed by atoms with van der Waals surface area (Å²) >= 11 is 0.